The molecule has 0 aliphatic carbocycles. The molecule has 28 heavy (non-hydrogen) atoms. The van der Waals surface area contributed by atoms with E-state index in [1.165, 1.54) is 5.56 Å². The van der Waals surface area contributed by atoms with E-state index in [1.54, 1.807) is 24.3 Å². The number of carbonyl (C=O) groups excluding carboxylic acids is 2. The average molecular weight is 402 g/mol. The second-order valence-corrected chi connectivity index (χ2v) is 7.02. The van der Waals surface area contributed by atoms with Crippen molar-refractivity contribution in [2.45, 2.75) is 12.5 Å². The smallest absolute Gasteiger partial charge is 0.313 e. The molecule has 0 radical (unpaired) electrons. The first-order valence-corrected chi connectivity index (χ1v) is 9.74. The second-order valence-electron chi connectivity index (χ2n) is 6.61. The van der Waals surface area contributed by atoms with Gasteiger partial charge in [-0.1, -0.05) is 54.1 Å². The highest BCUT2D eigenvalue weighted by Gasteiger charge is 2.21. The van der Waals surface area contributed by atoms with Gasteiger partial charge >= 0.3 is 11.8 Å². The van der Waals surface area contributed by atoms with Gasteiger partial charge in [-0.25, -0.2) is 0 Å². The lowest BCUT2D eigenvalue weighted by atomic mass is 10.1. The van der Waals surface area contributed by atoms with E-state index in [4.69, 9.17) is 16.3 Å². The van der Waals surface area contributed by atoms with E-state index in [9.17, 15) is 9.59 Å². The number of anilines is 1. The standard InChI is InChI=1S/C21H24ClN3O3/c22-17-9-4-5-10-18(17)24-21(27)20(26)23-11-6-12-25-13-14-28-19(15-25)16-7-2-1-3-8-16/h1-5,7-10,19H,6,11-15H2,(H,23,26)(H,24,27)/t19-/m0/s1. The zero-order valence-electron chi connectivity index (χ0n) is 15.6. The lowest BCUT2D eigenvalue weighted by Crippen LogP contribution is -2.41. The summed E-state index contributed by atoms with van der Waals surface area (Å²) in [5.41, 5.74) is 1.60. The normalized spacial score (nSPS) is 17.1. The molecular formula is C21H24ClN3O3. The molecule has 0 saturated carbocycles. The van der Waals surface area contributed by atoms with E-state index in [0.717, 1.165) is 26.1 Å². The van der Waals surface area contributed by atoms with Gasteiger partial charge in [-0.15, -0.1) is 0 Å². The summed E-state index contributed by atoms with van der Waals surface area (Å²) in [6.07, 6.45) is 0.832. The number of carbonyl (C=O) groups is 2. The molecule has 148 valence electrons. The van der Waals surface area contributed by atoms with Crippen LogP contribution in [0.5, 0.6) is 0 Å². The highest BCUT2D eigenvalue weighted by atomic mass is 35.5. The number of nitrogens with one attached hydrogen (secondary N) is 2. The van der Waals surface area contributed by atoms with Crippen LogP contribution in [0, 0.1) is 0 Å². The summed E-state index contributed by atoms with van der Waals surface area (Å²) in [5.74, 6) is -1.38. The van der Waals surface area contributed by atoms with E-state index in [0.29, 0.717) is 23.9 Å². The number of amides is 2. The van der Waals surface area contributed by atoms with Crippen molar-refractivity contribution >= 4 is 29.1 Å². The first-order valence-electron chi connectivity index (χ1n) is 9.36. The van der Waals surface area contributed by atoms with Gasteiger partial charge in [0.2, 0.25) is 0 Å². The van der Waals surface area contributed by atoms with Crippen LogP contribution in [0.25, 0.3) is 0 Å². The van der Waals surface area contributed by atoms with Crippen molar-refractivity contribution in [3.05, 3.63) is 65.2 Å². The fourth-order valence-electron chi connectivity index (χ4n) is 3.10. The van der Waals surface area contributed by atoms with Crippen molar-refractivity contribution in [2.75, 3.05) is 38.1 Å². The first kappa shape index (κ1) is 20.3. The Morgan fingerprint density at radius 1 is 1.07 bits per heavy atom. The summed E-state index contributed by atoms with van der Waals surface area (Å²) >= 11 is 5.98. The first-order chi connectivity index (χ1) is 13.6. The fourth-order valence-corrected chi connectivity index (χ4v) is 3.28. The molecule has 1 atom stereocenters. The Bertz CT molecular complexity index is 800. The number of hydrogen-bond acceptors (Lipinski definition) is 4. The number of nitrogens with zero attached hydrogens (tertiary/aromatic N) is 1. The molecule has 0 aromatic heterocycles. The van der Waals surface area contributed by atoms with Gasteiger partial charge in [0, 0.05) is 26.2 Å². The molecule has 2 amide bonds. The van der Waals surface area contributed by atoms with Gasteiger partial charge in [-0.3, -0.25) is 14.5 Å². The fraction of sp³-hybridized carbons (Fsp3) is 0.333. The molecule has 2 aromatic rings. The molecule has 2 N–H and O–H groups in total. The maximum absolute atomic E-state index is 12.0. The predicted molar refractivity (Wildman–Crippen MR) is 109 cm³/mol. The van der Waals surface area contributed by atoms with Crippen LogP contribution in [0.15, 0.2) is 54.6 Å². The highest BCUT2D eigenvalue weighted by Crippen LogP contribution is 2.22. The van der Waals surface area contributed by atoms with E-state index in [1.807, 2.05) is 18.2 Å². The SMILES string of the molecule is O=C(NCCCN1CCO[C@H](c2ccccc2)C1)C(=O)Nc1ccccc1Cl. The van der Waals surface area contributed by atoms with Crippen LogP contribution in [0.3, 0.4) is 0 Å². The molecule has 0 unspecified atom stereocenters. The van der Waals surface area contributed by atoms with Crippen molar-refractivity contribution in [3.8, 4) is 0 Å². The zero-order chi connectivity index (χ0) is 19.8. The van der Waals surface area contributed by atoms with Gasteiger partial charge in [-0.2, -0.15) is 0 Å². The summed E-state index contributed by atoms with van der Waals surface area (Å²) in [6, 6.07) is 17.0. The van der Waals surface area contributed by atoms with E-state index >= 15 is 0 Å². The van der Waals surface area contributed by atoms with Gasteiger partial charge < -0.3 is 15.4 Å². The van der Waals surface area contributed by atoms with Crippen LogP contribution in [0.1, 0.15) is 18.1 Å². The number of benzene rings is 2. The van der Waals surface area contributed by atoms with Crippen molar-refractivity contribution < 1.29 is 14.3 Å². The Hall–Kier alpha value is -2.41. The monoisotopic (exact) mass is 401 g/mol. The number of rotatable bonds is 6. The summed E-state index contributed by atoms with van der Waals surface area (Å²) in [5, 5.41) is 5.56. The Morgan fingerprint density at radius 2 is 1.82 bits per heavy atom. The third-order valence-electron chi connectivity index (χ3n) is 4.59. The number of para-hydroxylation sites is 1. The third kappa shape index (κ3) is 5.79. The highest BCUT2D eigenvalue weighted by molar-refractivity contribution is 6.41. The van der Waals surface area contributed by atoms with Crippen LogP contribution in [-0.2, 0) is 14.3 Å². The van der Waals surface area contributed by atoms with Gasteiger partial charge in [0.15, 0.2) is 0 Å². The predicted octanol–water partition coefficient (Wildman–Crippen LogP) is 2.86. The lowest BCUT2D eigenvalue weighted by Gasteiger charge is -2.33. The number of halogens is 1. The van der Waals surface area contributed by atoms with E-state index < -0.39 is 11.8 Å². The van der Waals surface area contributed by atoms with Gasteiger partial charge in [0.25, 0.3) is 0 Å². The van der Waals surface area contributed by atoms with Crippen LogP contribution in [-0.4, -0.2) is 49.5 Å². The van der Waals surface area contributed by atoms with Crippen LogP contribution < -0.4 is 10.6 Å². The maximum Gasteiger partial charge on any atom is 0.313 e. The third-order valence-corrected chi connectivity index (χ3v) is 4.92. The molecule has 1 saturated heterocycles. The lowest BCUT2D eigenvalue weighted by molar-refractivity contribution is -0.136. The molecule has 7 heteroatoms. The molecule has 1 heterocycles. The second kappa shape index (κ2) is 10.2. The Morgan fingerprint density at radius 3 is 2.61 bits per heavy atom. The molecule has 0 bridgehead atoms. The minimum Gasteiger partial charge on any atom is -0.371 e. The van der Waals surface area contributed by atoms with Gasteiger partial charge in [-0.05, 0) is 24.1 Å². The topological polar surface area (TPSA) is 70.7 Å². The number of hydrogen-bond donors (Lipinski definition) is 2. The van der Waals surface area contributed by atoms with Crippen molar-refractivity contribution in [1.29, 1.82) is 0 Å². The molecule has 6 nitrogen and oxygen atoms in total. The summed E-state index contributed by atoms with van der Waals surface area (Å²) < 4.78 is 5.86. The van der Waals surface area contributed by atoms with Crippen molar-refractivity contribution in [1.82, 2.24) is 10.2 Å². The zero-order valence-corrected chi connectivity index (χ0v) is 16.3. The number of ether oxygens (including phenoxy) is 1. The quantitative estimate of drug-likeness (QED) is 0.576. The Labute approximate surface area is 169 Å². The van der Waals surface area contributed by atoms with Crippen LogP contribution >= 0.6 is 11.6 Å². The molecule has 1 aliphatic heterocycles. The molecule has 1 fully saturated rings. The van der Waals surface area contributed by atoms with E-state index in [-0.39, 0.29) is 6.10 Å². The van der Waals surface area contributed by atoms with Gasteiger partial charge in [0.1, 0.15) is 0 Å². The molecule has 2 aromatic carbocycles. The van der Waals surface area contributed by atoms with Gasteiger partial charge in [0.05, 0.1) is 23.4 Å². The minimum absolute atomic E-state index is 0.0749. The van der Waals surface area contributed by atoms with E-state index in [2.05, 4.69) is 27.7 Å². The molecule has 0 spiro atoms. The summed E-state index contributed by atoms with van der Waals surface area (Å²) in [4.78, 5) is 26.2. The average Bonchev–Trinajstić information content (AvgIpc) is 2.73. The molecular weight excluding hydrogens is 378 g/mol. The maximum atomic E-state index is 12.0. The Balaban J connectivity index is 1.37. The van der Waals surface area contributed by atoms with Crippen molar-refractivity contribution in [3.63, 3.8) is 0 Å². The number of morpholine rings is 1. The Kier molecular flexibility index (Phi) is 7.42. The minimum atomic E-state index is -0.719. The summed E-state index contributed by atoms with van der Waals surface area (Å²) in [7, 11) is 0. The molecule has 1 aliphatic rings. The van der Waals surface area contributed by atoms with Crippen LogP contribution in [0.4, 0.5) is 5.69 Å². The molecule has 3 rings (SSSR count). The summed E-state index contributed by atoms with van der Waals surface area (Å²) in [6.45, 7) is 3.64. The van der Waals surface area contributed by atoms with Crippen molar-refractivity contribution in [2.24, 2.45) is 0 Å². The largest absolute Gasteiger partial charge is 0.371 e. The van der Waals surface area contributed by atoms with Crippen LogP contribution in [0.2, 0.25) is 5.02 Å².